The van der Waals surface area contributed by atoms with Gasteiger partial charge >= 0.3 is 36.0 Å². The average Bonchev–Trinajstić information content (AvgIpc) is 2.41. The van der Waals surface area contributed by atoms with Gasteiger partial charge in [-0.3, -0.25) is 0 Å². The van der Waals surface area contributed by atoms with Crippen LogP contribution in [0.1, 0.15) is 26.2 Å². The summed E-state index contributed by atoms with van der Waals surface area (Å²) in [4.78, 5) is 0. The summed E-state index contributed by atoms with van der Waals surface area (Å²) in [6.45, 7) is -0.263. The maximum absolute atomic E-state index is 13.2. The fourth-order valence-electron chi connectivity index (χ4n) is 1.39. The van der Waals surface area contributed by atoms with Gasteiger partial charge in [-0.15, -0.1) is 0 Å². The van der Waals surface area contributed by atoms with Crippen LogP contribution in [0.25, 0.3) is 0 Å². The van der Waals surface area contributed by atoms with E-state index in [1.807, 2.05) is 0 Å². The van der Waals surface area contributed by atoms with Gasteiger partial charge in [-0.05, 0) is 6.42 Å². The minimum absolute atomic E-state index is 0.449. The quantitative estimate of drug-likeness (QED) is 0.434. The van der Waals surface area contributed by atoms with Gasteiger partial charge in [0.15, 0.2) is 0 Å². The predicted octanol–water partition coefficient (Wildman–Crippen LogP) is 5.89. The van der Waals surface area contributed by atoms with Gasteiger partial charge in [0.2, 0.25) is 0 Å². The second kappa shape index (κ2) is 6.99. The first-order chi connectivity index (χ1) is 10.8. The van der Waals surface area contributed by atoms with E-state index in [-0.39, 0.29) is 0 Å². The van der Waals surface area contributed by atoms with Crippen LogP contribution < -0.4 is 0 Å². The lowest BCUT2D eigenvalue weighted by Crippen LogP contribution is -2.67. The maximum Gasteiger partial charge on any atom is 0.426 e. The van der Waals surface area contributed by atoms with Gasteiger partial charge in [0.25, 0.3) is 0 Å². The second-order valence-electron chi connectivity index (χ2n) is 4.91. The van der Waals surface area contributed by atoms with Crippen molar-refractivity contribution >= 4 is 0 Å². The molecular weight excluding hydrogens is 395 g/mol. The van der Waals surface area contributed by atoms with Crippen LogP contribution in [0.3, 0.4) is 0 Å². The Morgan fingerprint density at radius 1 is 0.600 bits per heavy atom. The predicted molar refractivity (Wildman–Crippen MR) is 56.3 cm³/mol. The molecule has 0 saturated heterocycles. The molecule has 0 atom stereocenters. The number of rotatable bonds is 9. The fraction of sp³-hybridized carbons (Fsp3) is 1.00. The third kappa shape index (κ3) is 4.61. The average molecular weight is 406 g/mol. The zero-order valence-electron chi connectivity index (χ0n) is 12.2. The zero-order valence-corrected chi connectivity index (χ0v) is 12.2. The lowest BCUT2D eigenvalue weighted by atomic mass is 9.95. The van der Waals surface area contributed by atoms with Crippen molar-refractivity contribution in [2.24, 2.45) is 0 Å². The molecule has 0 unspecified atom stereocenters. The van der Waals surface area contributed by atoms with Gasteiger partial charge < -0.3 is 4.74 Å². The Kier molecular flexibility index (Phi) is 6.72. The molecule has 25 heavy (non-hydrogen) atoms. The molecule has 0 N–H and O–H groups in total. The summed E-state index contributed by atoms with van der Waals surface area (Å²) in [6, 6.07) is 0. The Morgan fingerprint density at radius 3 is 1.40 bits per heavy atom. The highest BCUT2D eigenvalue weighted by Gasteiger charge is 2.86. The zero-order chi connectivity index (χ0) is 20.5. The largest absolute Gasteiger partial charge is 0.426 e. The number of halogens is 13. The maximum atomic E-state index is 13.2. The fourth-order valence-corrected chi connectivity index (χ4v) is 1.39. The molecule has 0 saturated carbocycles. The molecule has 0 radical (unpaired) electrons. The van der Waals surface area contributed by atoms with E-state index < -0.39 is 61.8 Å². The summed E-state index contributed by atoms with van der Waals surface area (Å²) in [5.74, 6) is -28.2. The van der Waals surface area contributed by atoms with Crippen LogP contribution in [0.15, 0.2) is 0 Å². The Bertz CT molecular complexity index is 440. The van der Waals surface area contributed by atoms with E-state index in [9.17, 15) is 57.1 Å². The molecule has 0 aliphatic rings. The third-order valence-corrected chi connectivity index (χ3v) is 2.82. The van der Waals surface area contributed by atoms with Crippen LogP contribution in [-0.2, 0) is 4.74 Å². The first-order valence-electron chi connectivity index (χ1n) is 6.36. The summed E-state index contributed by atoms with van der Waals surface area (Å²) < 4.78 is 169. The summed E-state index contributed by atoms with van der Waals surface area (Å²) >= 11 is 0. The highest BCUT2D eigenvalue weighted by molar-refractivity contribution is 5.06. The lowest BCUT2D eigenvalue weighted by molar-refractivity contribution is -0.446. The van der Waals surface area contributed by atoms with Crippen LogP contribution in [0.4, 0.5) is 57.1 Å². The molecule has 0 bridgehead atoms. The van der Waals surface area contributed by atoms with Crippen molar-refractivity contribution in [2.45, 2.75) is 62.2 Å². The summed E-state index contributed by atoms with van der Waals surface area (Å²) in [6.07, 6.45) is -18.0. The van der Waals surface area contributed by atoms with E-state index in [1.54, 1.807) is 0 Å². The van der Waals surface area contributed by atoms with Crippen molar-refractivity contribution < 1.29 is 61.8 Å². The standard InChI is InChI=1S/C11H11F13O/c1-2-5-25-11(23,24)10(21,22)9(19,20)8(17,18)6(12,13)3-4-7(14,15)16/h2-5H2,1H3. The Balaban J connectivity index is 5.77. The Labute approximate surface area is 132 Å². The highest BCUT2D eigenvalue weighted by Crippen LogP contribution is 2.58. The SMILES string of the molecule is CCCOC(F)(F)C(F)(F)C(F)(F)C(F)(F)C(F)(F)CCC(F)(F)F. The van der Waals surface area contributed by atoms with Gasteiger partial charge in [0.05, 0.1) is 6.61 Å². The minimum Gasteiger partial charge on any atom is -0.316 e. The van der Waals surface area contributed by atoms with E-state index >= 15 is 0 Å². The molecular formula is C11H11F13O. The van der Waals surface area contributed by atoms with E-state index in [4.69, 9.17) is 0 Å². The minimum atomic E-state index is -7.42. The summed E-state index contributed by atoms with van der Waals surface area (Å²) in [7, 11) is 0. The van der Waals surface area contributed by atoms with Crippen LogP contribution in [0, 0.1) is 0 Å². The molecule has 14 heteroatoms. The van der Waals surface area contributed by atoms with Crippen LogP contribution in [0.2, 0.25) is 0 Å². The van der Waals surface area contributed by atoms with Crippen molar-refractivity contribution in [3.63, 3.8) is 0 Å². The number of alkyl halides is 13. The Hall–Kier alpha value is -0.950. The molecule has 0 aliphatic heterocycles. The van der Waals surface area contributed by atoms with Crippen LogP contribution >= 0.6 is 0 Å². The van der Waals surface area contributed by atoms with Crippen molar-refractivity contribution in [3.05, 3.63) is 0 Å². The lowest BCUT2D eigenvalue weighted by Gasteiger charge is -2.39. The molecule has 0 heterocycles. The van der Waals surface area contributed by atoms with Crippen LogP contribution in [0.5, 0.6) is 0 Å². The first-order valence-corrected chi connectivity index (χ1v) is 6.36. The third-order valence-electron chi connectivity index (χ3n) is 2.82. The molecule has 0 fully saturated rings. The van der Waals surface area contributed by atoms with E-state index in [1.165, 1.54) is 0 Å². The molecule has 0 spiro atoms. The monoisotopic (exact) mass is 406 g/mol. The van der Waals surface area contributed by atoms with Crippen molar-refractivity contribution in [2.75, 3.05) is 6.61 Å². The summed E-state index contributed by atoms with van der Waals surface area (Å²) in [5.41, 5.74) is 0. The van der Waals surface area contributed by atoms with Gasteiger partial charge in [-0.25, -0.2) is 0 Å². The van der Waals surface area contributed by atoms with Crippen molar-refractivity contribution in [3.8, 4) is 0 Å². The van der Waals surface area contributed by atoms with Crippen LogP contribution in [-0.4, -0.2) is 42.6 Å². The van der Waals surface area contributed by atoms with Gasteiger partial charge in [0, 0.05) is 12.8 Å². The molecule has 1 nitrogen and oxygen atoms in total. The molecule has 152 valence electrons. The number of ether oxygens (including phenoxy) is 1. The molecule has 0 aliphatic carbocycles. The number of hydrogen-bond donors (Lipinski definition) is 0. The van der Waals surface area contributed by atoms with E-state index in [0.717, 1.165) is 6.92 Å². The topological polar surface area (TPSA) is 9.23 Å². The van der Waals surface area contributed by atoms with Gasteiger partial charge in [0.1, 0.15) is 0 Å². The summed E-state index contributed by atoms with van der Waals surface area (Å²) in [5, 5.41) is 0. The first kappa shape index (κ1) is 24.1. The number of hydrogen-bond acceptors (Lipinski definition) is 1. The Morgan fingerprint density at radius 2 is 1.04 bits per heavy atom. The van der Waals surface area contributed by atoms with Crippen molar-refractivity contribution in [1.82, 2.24) is 0 Å². The smallest absolute Gasteiger partial charge is 0.316 e. The second-order valence-corrected chi connectivity index (χ2v) is 4.91. The van der Waals surface area contributed by atoms with Gasteiger partial charge in [-0.1, -0.05) is 6.92 Å². The van der Waals surface area contributed by atoms with Crippen molar-refractivity contribution in [1.29, 1.82) is 0 Å². The van der Waals surface area contributed by atoms with Gasteiger partial charge in [-0.2, -0.15) is 57.1 Å². The molecule has 0 aromatic rings. The highest BCUT2D eigenvalue weighted by atomic mass is 19.4. The molecule has 0 rings (SSSR count). The molecule has 0 aromatic heterocycles. The van der Waals surface area contributed by atoms with E-state index in [0.29, 0.717) is 0 Å². The molecule has 0 aromatic carbocycles. The molecule has 0 amide bonds. The normalized spacial score (nSPS) is 15.6. The van der Waals surface area contributed by atoms with E-state index in [2.05, 4.69) is 4.74 Å².